The molecule has 4 aromatic rings. The van der Waals surface area contributed by atoms with Crippen molar-refractivity contribution in [2.45, 2.75) is 33.5 Å². The first-order valence-corrected chi connectivity index (χ1v) is 12.2. The highest BCUT2D eigenvalue weighted by molar-refractivity contribution is 6.88. The summed E-state index contributed by atoms with van der Waals surface area (Å²) in [5.41, 5.74) is 6.37. The van der Waals surface area contributed by atoms with Gasteiger partial charge in [-0.05, 0) is 55.3 Å². The summed E-state index contributed by atoms with van der Waals surface area (Å²) in [6, 6.07) is 15.2. The Morgan fingerprint density at radius 1 is 0.840 bits per heavy atom. The van der Waals surface area contributed by atoms with E-state index in [0.717, 1.165) is 22.4 Å². The summed E-state index contributed by atoms with van der Waals surface area (Å²) in [7, 11) is -1.36. The van der Waals surface area contributed by atoms with E-state index in [4.69, 9.17) is 4.42 Å². The Morgan fingerprint density at radius 2 is 1.64 bits per heavy atom. The summed E-state index contributed by atoms with van der Waals surface area (Å²) in [5.74, 6) is 0. The van der Waals surface area contributed by atoms with Gasteiger partial charge in [0.1, 0.15) is 11.2 Å². The Hall–Kier alpha value is -2.39. The fourth-order valence-corrected chi connectivity index (χ4v) is 4.52. The quantitative estimate of drug-likeness (QED) is 0.428. The minimum Gasteiger partial charge on any atom is -0.455 e. The summed E-state index contributed by atoms with van der Waals surface area (Å²) < 4.78 is 6.28. The monoisotopic (exact) mass is 345 g/mol. The molecule has 0 bridgehead atoms. The van der Waals surface area contributed by atoms with Gasteiger partial charge in [-0.2, -0.15) is 0 Å². The van der Waals surface area contributed by atoms with Gasteiger partial charge in [-0.15, -0.1) is 0 Å². The molecule has 0 aliphatic heterocycles. The number of hydrogen-bond acceptors (Lipinski definition) is 2. The van der Waals surface area contributed by atoms with Crippen LogP contribution in [-0.4, -0.2) is 13.1 Å². The summed E-state index contributed by atoms with van der Waals surface area (Å²) >= 11 is 0. The molecular weight excluding hydrogens is 322 g/mol. The van der Waals surface area contributed by atoms with Crippen LogP contribution in [0.5, 0.6) is 0 Å². The van der Waals surface area contributed by atoms with E-state index < -0.39 is 8.07 Å². The van der Waals surface area contributed by atoms with E-state index in [-0.39, 0.29) is 0 Å². The molecule has 0 N–H and O–H groups in total. The van der Waals surface area contributed by atoms with Gasteiger partial charge < -0.3 is 4.42 Å². The average Bonchev–Trinajstić information content (AvgIpc) is 2.91. The molecule has 0 saturated carbocycles. The van der Waals surface area contributed by atoms with Crippen LogP contribution >= 0.6 is 0 Å². The smallest absolute Gasteiger partial charge is 0.144 e. The predicted molar refractivity (Wildman–Crippen MR) is 109 cm³/mol. The fraction of sp³-hybridized carbons (Fsp3) is 0.227. The second kappa shape index (κ2) is 5.56. The first-order valence-electron chi connectivity index (χ1n) is 8.73. The molecule has 126 valence electrons. The molecule has 0 amide bonds. The molecule has 2 heterocycles. The normalized spacial score (nSPS) is 12.2. The van der Waals surface area contributed by atoms with Crippen LogP contribution in [0.1, 0.15) is 11.1 Å². The van der Waals surface area contributed by atoms with Gasteiger partial charge in [-0.3, -0.25) is 4.98 Å². The number of hydrogen-bond donors (Lipinski definition) is 0. The van der Waals surface area contributed by atoms with Crippen molar-refractivity contribution in [1.82, 2.24) is 4.98 Å². The van der Waals surface area contributed by atoms with Crippen LogP contribution in [0.2, 0.25) is 19.6 Å². The van der Waals surface area contributed by atoms with Gasteiger partial charge >= 0.3 is 0 Å². The van der Waals surface area contributed by atoms with E-state index in [2.05, 4.69) is 74.9 Å². The second-order valence-corrected chi connectivity index (χ2v) is 13.0. The van der Waals surface area contributed by atoms with Gasteiger partial charge in [0.25, 0.3) is 0 Å². The van der Waals surface area contributed by atoms with E-state index >= 15 is 0 Å². The molecule has 0 saturated heterocycles. The van der Waals surface area contributed by atoms with Crippen molar-refractivity contribution >= 4 is 35.2 Å². The lowest BCUT2D eigenvalue weighted by Crippen LogP contribution is -2.37. The molecular formula is C22H23NOSi. The lowest BCUT2D eigenvalue weighted by Gasteiger charge is -2.16. The summed E-state index contributed by atoms with van der Waals surface area (Å²) in [6.45, 7) is 11.4. The minimum absolute atomic E-state index is 0.937. The number of fused-ring (bicyclic) bond motifs is 3. The lowest BCUT2D eigenvalue weighted by atomic mass is 10.0. The van der Waals surface area contributed by atoms with Crippen LogP contribution in [0.4, 0.5) is 0 Å². The number of furan rings is 1. The van der Waals surface area contributed by atoms with Crippen LogP contribution < -0.4 is 5.19 Å². The molecule has 0 radical (unpaired) electrons. The third-order valence-corrected chi connectivity index (χ3v) is 6.82. The summed E-state index contributed by atoms with van der Waals surface area (Å²) in [6.07, 6.45) is 1.87. The molecule has 25 heavy (non-hydrogen) atoms. The van der Waals surface area contributed by atoms with E-state index in [9.17, 15) is 0 Å². The number of aromatic nitrogens is 1. The maximum atomic E-state index is 6.28. The number of aryl methyl sites for hydroxylation is 2. The van der Waals surface area contributed by atoms with Crippen molar-refractivity contribution < 1.29 is 4.42 Å². The van der Waals surface area contributed by atoms with E-state index in [1.165, 1.54) is 27.1 Å². The van der Waals surface area contributed by atoms with Crippen LogP contribution in [0.15, 0.2) is 53.1 Å². The molecule has 0 atom stereocenters. The van der Waals surface area contributed by atoms with Crippen LogP contribution in [0, 0.1) is 13.8 Å². The highest BCUT2D eigenvalue weighted by atomic mass is 28.3. The predicted octanol–water partition coefficient (Wildman–Crippen LogP) is 5.81. The van der Waals surface area contributed by atoms with Crippen LogP contribution in [0.25, 0.3) is 33.2 Å². The highest BCUT2D eigenvalue weighted by Crippen LogP contribution is 2.36. The zero-order chi connectivity index (χ0) is 17.8. The van der Waals surface area contributed by atoms with Gasteiger partial charge in [0, 0.05) is 22.5 Å². The molecule has 4 rings (SSSR count). The maximum absolute atomic E-state index is 6.28. The van der Waals surface area contributed by atoms with Crippen molar-refractivity contribution in [1.29, 1.82) is 0 Å². The van der Waals surface area contributed by atoms with Gasteiger partial charge in [-0.25, -0.2) is 0 Å². The Balaban J connectivity index is 2.06. The molecule has 0 aliphatic rings. The zero-order valence-electron chi connectivity index (χ0n) is 15.5. The standard InChI is InChI=1S/C22H23NOSi/c1-14-8-9-23-20(12-14)19-11-15(2)10-18-17-13-16(25(3,4)5)6-7-21(17)24-22(18)19/h6-13H,1-5H3. The molecule has 2 aromatic heterocycles. The van der Waals surface area contributed by atoms with Crippen molar-refractivity contribution in [3.05, 3.63) is 59.8 Å². The van der Waals surface area contributed by atoms with Crippen molar-refractivity contribution in [2.75, 3.05) is 0 Å². The largest absolute Gasteiger partial charge is 0.455 e. The minimum atomic E-state index is -1.36. The first-order chi connectivity index (χ1) is 11.8. The third-order valence-electron chi connectivity index (χ3n) is 4.77. The van der Waals surface area contributed by atoms with Gasteiger partial charge in [-0.1, -0.05) is 37.0 Å². The lowest BCUT2D eigenvalue weighted by molar-refractivity contribution is 0.670. The van der Waals surface area contributed by atoms with Gasteiger partial charge in [0.05, 0.1) is 13.8 Å². The zero-order valence-corrected chi connectivity index (χ0v) is 16.5. The van der Waals surface area contributed by atoms with Crippen LogP contribution in [0.3, 0.4) is 0 Å². The third kappa shape index (κ3) is 2.79. The van der Waals surface area contributed by atoms with E-state index in [1.54, 1.807) is 0 Å². The molecule has 0 unspecified atom stereocenters. The van der Waals surface area contributed by atoms with Crippen LogP contribution in [-0.2, 0) is 0 Å². The highest BCUT2D eigenvalue weighted by Gasteiger charge is 2.19. The SMILES string of the molecule is Cc1ccnc(-c2cc(C)cc3c2oc2ccc([Si](C)(C)C)cc23)c1. The summed E-state index contributed by atoms with van der Waals surface area (Å²) in [4.78, 5) is 4.57. The van der Waals surface area contributed by atoms with Crippen molar-refractivity contribution in [2.24, 2.45) is 0 Å². The Bertz CT molecular complexity index is 1100. The van der Waals surface area contributed by atoms with Crippen molar-refractivity contribution in [3.8, 4) is 11.3 Å². The Morgan fingerprint density at radius 3 is 2.36 bits per heavy atom. The number of pyridine rings is 1. The summed E-state index contributed by atoms with van der Waals surface area (Å²) in [5, 5.41) is 3.86. The number of rotatable bonds is 2. The Labute approximate surface area is 149 Å². The van der Waals surface area contributed by atoms with E-state index in [0.29, 0.717) is 0 Å². The fourth-order valence-electron chi connectivity index (χ4n) is 3.36. The Kier molecular flexibility index (Phi) is 3.58. The second-order valence-electron chi connectivity index (χ2n) is 7.97. The topological polar surface area (TPSA) is 26.0 Å². The van der Waals surface area contributed by atoms with Crippen molar-refractivity contribution in [3.63, 3.8) is 0 Å². The maximum Gasteiger partial charge on any atom is 0.144 e. The number of benzene rings is 2. The van der Waals surface area contributed by atoms with E-state index in [1.807, 2.05) is 12.3 Å². The molecule has 0 spiro atoms. The van der Waals surface area contributed by atoms with Gasteiger partial charge in [0.15, 0.2) is 0 Å². The molecule has 2 nitrogen and oxygen atoms in total. The molecule has 2 aromatic carbocycles. The average molecular weight is 346 g/mol. The molecule has 0 aliphatic carbocycles. The first kappa shape index (κ1) is 16.1. The van der Waals surface area contributed by atoms with Gasteiger partial charge in [0.2, 0.25) is 0 Å². The number of nitrogens with zero attached hydrogens (tertiary/aromatic N) is 1. The molecule has 3 heteroatoms. The molecule has 0 fully saturated rings.